The molecule has 6 heteroatoms. The molecule has 2 rings (SSSR count). The minimum Gasteiger partial charge on any atom is -0.399 e. The summed E-state index contributed by atoms with van der Waals surface area (Å²) in [6.07, 6.45) is 0. The number of thiazole rings is 1. The third-order valence-electron chi connectivity index (χ3n) is 1.94. The molecule has 0 fully saturated rings. The Labute approximate surface area is 96.1 Å². The number of anilines is 2. The van der Waals surface area contributed by atoms with Crippen molar-refractivity contribution < 1.29 is 4.79 Å². The summed E-state index contributed by atoms with van der Waals surface area (Å²) < 4.78 is 0. The quantitative estimate of drug-likeness (QED) is 0.692. The average molecular weight is 234 g/mol. The Morgan fingerprint density at radius 2 is 2.00 bits per heavy atom. The van der Waals surface area contributed by atoms with Crippen LogP contribution < -0.4 is 16.8 Å². The summed E-state index contributed by atoms with van der Waals surface area (Å²) >= 11 is 1.32. The van der Waals surface area contributed by atoms with Gasteiger partial charge in [-0.15, -0.1) is 11.3 Å². The van der Waals surface area contributed by atoms with Crippen LogP contribution in [0.25, 0.3) is 11.3 Å². The standard InChI is InChI=1S/C10H10N4OS/c11-7-3-1-6(2-4-7)8-5-16-10(13-8)14-9(12)15/h1-5H,11H2,(H3,12,13,14,15). The maximum absolute atomic E-state index is 10.6. The Morgan fingerprint density at radius 3 is 2.62 bits per heavy atom. The predicted molar refractivity (Wildman–Crippen MR) is 65.2 cm³/mol. The largest absolute Gasteiger partial charge is 0.399 e. The number of nitrogens with one attached hydrogen (secondary N) is 1. The lowest BCUT2D eigenvalue weighted by atomic mass is 10.1. The first-order chi connectivity index (χ1) is 7.65. The maximum atomic E-state index is 10.6. The number of urea groups is 1. The normalized spacial score (nSPS) is 10.0. The SMILES string of the molecule is NC(=O)Nc1nc(-c2ccc(N)cc2)cs1. The van der Waals surface area contributed by atoms with Gasteiger partial charge in [0.1, 0.15) is 0 Å². The minimum atomic E-state index is -0.613. The molecule has 0 unspecified atom stereocenters. The summed E-state index contributed by atoms with van der Waals surface area (Å²) in [5.41, 5.74) is 13.0. The van der Waals surface area contributed by atoms with Crippen LogP contribution in [0.15, 0.2) is 29.6 Å². The molecule has 0 radical (unpaired) electrons. The molecule has 0 aliphatic rings. The van der Waals surface area contributed by atoms with E-state index in [-0.39, 0.29) is 0 Å². The highest BCUT2D eigenvalue weighted by molar-refractivity contribution is 7.14. The van der Waals surface area contributed by atoms with Gasteiger partial charge in [-0.1, -0.05) is 12.1 Å². The fourth-order valence-corrected chi connectivity index (χ4v) is 1.95. The van der Waals surface area contributed by atoms with Crippen molar-refractivity contribution in [3.05, 3.63) is 29.6 Å². The third kappa shape index (κ3) is 2.29. The maximum Gasteiger partial charge on any atom is 0.318 e. The molecule has 0 spiro atoms. The van der Waals surface area contributed by atoms with Gasteiger partial charge in [0.25, 0.3) is 0 Å². The van der Waals surface area contributed by atoms with Crippen LogP contribution in [0.5, 0.6) is 0 Å². The Morgan fingerprint density at radius 1 is 1.31 bits per heavy atom. The zero-order chi connectivity index (χ0) is 11.5. The first-order valence-corrected chi connectivity index (χ1v) is 5.41. The molecule has 0 saturated carbocycles. The highest BCUT2D eigenvalue weighted by atomic mass is 32.1. The second-order valence-corrected chi connectivity index (χ2v) is 4.01. The van der Waals surface area contributed by atoms with E-state index in [1.807, 2.05) is 17.5 Å². The van der Waals surface area contributed by atoms with Crippen molar-refractivity contribution in [3.63, 3.8) is 0 Å². The molecule has 0 saturated heterocycles. The highest BCUT2D eigenvalue weighted by Crippen LogP contribution is 2.25. The Balaban J connectivity index is 2.24. The number of nitrogens with two attached hydrogens (primary N) is 2. The molecule has 2 aromatic rings. The number of benzene rings is 1. The molecule has 1 aromatic heterocycles. The Kier molecular flexibility index (Phi) is 2.74. The number of aromatic nitrogens is 1. The highest BCUT2D eigenvalue weighted by Gasteiger charge is 2.05. The molecule has 0 aliphatic heterocycles. The van der Waals surface area contributed by atoms with Crippen molar-refractivity contribution in [2.24, 2.45) is 5.73 Å². The lowest BCUT2D eigenvalue weighted by Crippen LogP contribution is -2.18. The summed E-state index contributed by atoms with van der Waals surface area (Å²) in [5, 5.41) is 4.76. The Hall–Kier alpha value is -2.08. The Bertz CT molecular complexity index is 506. The zero-order valence-corrected chi connectivity index (χ0v) is 9.12. The fraction of sp³-hybridized carbons (Fsp3) is 0. The number of carbonyl (C=O) groups excluding carboxylic acids is 1. The molecular formula is C10H10N4OS. The molecule has 2 amide bonds. The minimum absolute atomic E-state index is 0.485. The number of primary amides is 1. The number of nitrogen functional groups attached to an aromatic ring is 1. The molecule has 16 heavy (non-hydrogen) atoms. The first kappa shape index (κ1) is 10.4. The second kappa shape index (κ2) is 4.19. The molecule has 0 bridgehead atoms. The van der Waals surface area contributed by atoms with Crippen molar-refractivity contribution >= 4 is 28.2 Å². The van der Waals surface area contributed by atoms with E-state index in [9.17, 15) is 4.79 Å². The number of rotatable bonds is 2. The molecule has 82 valence electrons. The summed E-state index contributed by atoms with van der Waals surface area (Å²) in [6, 6.07) is 6.74. The van der Waals surface area contributed by atoms with Crippen LogP contribution in [0, 0.1) is 0 Å². The third-order valence-corrected chi connectivity index (χ3v) is 2.70. The molecule has 5 N–H and O–H groups in total. The topological polar surface area (TPSA) is 94.0 Å². The van der Waals surface area contributed by atoms with Crippen molar-refractivity contribution in [2.75, 3.05) is 11.1 Å². The van der Waals surface area contributed by atoms with Crippen molar-refractivity contribution in [1.29, 1.82) is 0 Å². The van der Waals surface area contributed by atoms with Crippen LogP contribution in [-0.2, 0) is 0 Å². The number of nitrogens with zero attached hydrogens (tertiary/aromatic N) is 1. The lowest BCUT2D eigenvalue weighted by Gasteiger charge is -1.97. The van der Waals surface area contributed by atoms with Gasteiger partial charge in [-0.25, -0.2) is 9.78 Å². The zero-order valence-electron chi connectivity index (χ0n) is 8.31. The van der Waals surface area contributed by atoms with Crippen LogP contribution in [0.1, 0.15) is 0 Å². The van der Waals surface area contributed by atoms with Crippen LogP contribution >= 0.6 is 11.3 Å². The van der Waals surface area contributed by atoms with Crippen LogP contribution in [0.2, 0.25) is 0 Å². The van der Waals surface area contributed by atoms with Gasteiger partial charge < -0.3 is 11.5 Å². The summed E-state index contributed by atoms with van der Waals surface area (Å²) in [7, 11) is 0. The van der Waals surface area contributed by atoms with Gasteiger partial charge in [0, 0.05) is 16.6 Å². The van der Waals surface area contributed by atoms with Crippen LogP contribution in [0.4, 0.5) is 15.6 Å². The van der Waals surface area contributed by atoms with Crippen molar-refractivity contribution in [2.45, 2.75) is 0 Å². The van der Waals surface area contributed by atoms with E-state index >= 15 is 0 Å². The van der Waals surface area contributed by atoms with Gasteiger partial charge in [-0.3, -0.25) is 5.32 Å². The molecule has 0 atom stereocenters. The van der Waals surface area contributed by atoms with E-state index in [0.717, 1.165) is 11.3 Å². The predicted octanol–water partition coefficient (Wildman–Crippen LogP) is 1.88. The van der Waals surface area contributed by atoms with Gasteiger partial charge in [-0.05, 0) is 12.1 Å². The average Bonchev–Trinajstić information content (AvgIpc) is 2.66. The van der Waals surface area contributed by atoms with E-state index in [4.69, 9.17) is 11.5 Å². The fourth-order valence-electron chi connectivity index (χ4n) is 1.22. The first-order valence-electron chi connectivity index (χ1n) is 4.53. The molecular weight excluding hydrogens is 224 g/mol. The number of hydrogen-bond donors (Lipinski definition) is 3. The molecule has 0 aliphatic carbocycles. The van der Waals surface area contributed by atoms with E-state index in [1.54, 1.807) is 12.1 Å². The number of carbonyl (C=O) groups is 1. The van der Waals surface area contributed by atoms with Gasteiger partial charge in [0.15, 0.2) is 5.13 Å². The van der Waals surface area contributed by atoms with Crippen molar-refractivity contribution in [3.8, 4) is 11.3 Å². The second-order valence-electron chi connectivity index (χ2n) is 3.15. The van der Waals surface area contributed by atoms with Crippen molar-refractivity contribution in [1.82, 2.24) is 4.98 Å². The van der Waals surface area contributed by atoms with E-state index in [2.05, 4.69) is 10.3 Å². The number of hydrogen-bond acceptors (Lipinski definition) is 4. The summed E-state index contributed by atoms with van der Waals surface area (Å²) in [6.45, 7) is 0. The molecule has 1 heterocycles. The van der Waals surface area contributed by atoms with Gasteiger partial charge in [0.05, 0.1) is 5.69 Å². The number of amides is 2. The van der Waals surface area contributed by atoms with E-state index in [0.29, 0.717) is 10.8 Å². The van der Waals surface area contributed by atoms with Gasteiger partial charge >= 0.3 is 6.03 Å². The smallest absolute Gasteiger partial charge is 0.318 e. The van der Waals surface area contributed by atoms with E-state index in [1.165, 1.54) is 11.3 Å². The molecule has 5 nitrogen and oxygen atoms in total. The van der Waals surface area contributed by atoms with E-state index < -0.39 is 6.03 Å². The van der Waals surface area contributed by atoms with Gasteiger partial charge in [0.2, 0.25) is 0 Å². The van der Waals surface area contributed by atoms with Crippen LogP contribution in [0.3, 0.4) is 0 Å². The molecule has 1 aromatic carbocycles. The van der Waals surface area contributed by atoms with Crippen LogP contribution in [-0.4, -0.2) is 11.0 Å². The van der Waals surface area contributed by atoms with Gasteiger partial charge in [-0.2, -0.15) is 0 Å². The lowest BCUT2D eigenvalue weighted by molar-refractivity contribution is 0.259. The summed E-state index contributed by atoms with van der Waals surface area (Å²) in [4.78, 5) is 14.8. The monoisotopic (exact) mass is 234 g/mol. The summed E-state index contributed by atoms with van der Waals surface area (Å²) in [5.74, 6) is 0.